The molecule has 0 aromatic heterocycles. The van der Waals surface area contributed by atoms with Crippen molar-refractivity contribution in [3.63, 3.8) is 0 Å². The van der Waals surface area contributed by atoms with E-state index in [-0.39, 0.29) is 0 Å². The fourth-order valence-corrected chi connectivity index (χ4v) is 3.45. The summed E-state index contributed by atoms with van der Waals surface area (Å²) in [5.41, 5.74) is 1.69. The molecule has 19 heavy (non-hydrogen) atoms. The van der Waals surface area contributed by atoms with E-state index in [4.69, 9.17) is 0 Å². The van der Waals surface area contributed by atoms with Gasteiger partial charge >= 0.3 is 0 Å². The summed E-state index contributed by atoms with van der Waals surface area (Å²) in [6.07, 6.45) is 13.8. The largest absolute Gasteiger partial charge is 0.377 e. The molecule has 2 nitrogen and oxygen atoms in total. The van der Waals surface area contributed by atoms with Crippen LogP contribution in [0.4, 0.5) is 0 Å². The molecule has 1 saturated carbocycles. The summed E-state index contributed by atoms with van der Waals surface area (Å²) in [5, 5.41) is 0. The fourth-order valence-electron chi connectivity index (χ4n) is 3.45. The summed E-state index contributed by atoms with van der Waals surface area (Å²) in [7, 11) is 2.25. The van der Waals surface area contributed by atoms with Gasteiger partial charge in [0.1, 0.15) is 0 Å². The molecule has 0 aromatic rings. The molecule has 0 bridgehead atoms. The summed E-state index contributed by atoms with van der Waals surface area (Å²) in [6.45, 7) is 8.86. The van der Waals surface area contributed by atoms with Crippen LogP contribution in [0.1, 0.15) is 44.9 Å². The quantitative estimate of drug-likeness (QED) is 0.716. The van der Waals surface area contributed by atoms with E-state index in [0.29, 0.717) is 0 Å². The highest BCUT2D eigenvalue weighted by Crippen LogP contribution is 2.31. The van der Waals surface area contributed by atoms with Gasteiger partial charge in [-0.3, -0.25) is 0 Å². The maximum Gasteiger partial charge on any atom is 0.0184 e. The summed E-state index contributed by atoms with van der Waals surface area (Å²) in [6, 6.07) is 0. The molecule has 1 aliphatic heterocycles. The minimum Gasteiger partial charge on any atom is -0.377 e. The van der Waals surface area contributed by atoms with Gasteiger partial charge in [0.2, 0.25) is 0 Å². The third-order valence-corrected chi connectivity index (χ3v) is 4.50. The van der Waals surface area contributed by atoms with Gasteiger partial charge in [-0.15, -0.1) is 6.58 Å². The highest BCUT2D eigenvalue weighted by molar-refractivity contribution is 5.06. The van der Waals surface area contributed by atoms with Crippen molar-refractivity contribution in [2.75, 3.05) is 33.2 Å². The number of allylic oxidation sites excluding steroid dienone is 2. The Balaban J connectivity index is 1.86. The van der Waals surface area contributed by atoms with Crippen molar-refractivity contribution < 1.29 is 0 Å². The van der Waals surface area contributed by atoms with Crippen molar-refractivity contribution in [3.8, 4) is 0 Å². The topological polar surface area (TPSA) is 6.48 Å². The van der Waals surface area contributed by atoms with E-state index in [2.05, 4.69) is 35.7 Å². The zero-order valence-electron chi connectivity index (χ0n) is 12.6. The smallest absolute Gasteiger partial charge is 0.0184 e. The molecule has 0 amide bonds. The third kappa shape index (κ3) is 5.02. The molecule has 0 aromatic carbocycles. The lowest BCUT2D eigenvalue weighted by molar-refractivity contribution is 0.242. The Hall–Kier alpha value is -0.760. The van der Waals surface area contributed by atoms with Crippen molar-refractivity contribution in [1.29, 1.82) is 0 Å². The molecule has 2 heteroatoms. The van der Waals surface area contributed by atoms with Crippen LogP contribution in [0.15, 0.2) is 24.4 Å². The van der Waals surface area contributed by atoms with Crippen molar-refractivity contribution in [2.24, 2.45) is 5.92 Å². The highest BCUT2D eigenvalue weighted by Gasteiger charge is 2.17. The average molecular weight is 262 g/mol. The van der Waals surface area contributed by atoms with Crippen LogP contribution in [0.3, 0.4) is 0 Å². The summed E-state index contributed by atoms with van der Waals surface area (Å²) >= 11 is 0. The zero-order valence-corrected chi connectivity index (χ0v) is 12.6. The van der Waals surface area contributed by atoms with E-state index in [1.807, 2.05) is 0 Å². The second-order valence-electron chi connectivity index (χ2n) is 6.32. The molecule has 0 radical (unpaired) electrons. The summed E-state index contributed by atoms with van der Waals surface area (Å²) in [4.78, 5) is 5.05. The van der Waals surface area contributed by atoms with Crippen LogP contribution in [-0.2, 0) is 0 Å². The molecule has 1 heterocycles. The molecule has 1 saturated heterocycles. The minimum absolute atomic E-state index is 0.860. The van der Waals surface area contributed by atoms with Crippen molar-refractivity contribution >= 4 is 0 Å². The highest BCUT2D eigenvalue weighted by atomic mass is 15.1. The monoisotopic (exact) mass is 262 g/mol. The van der Waals surface area contributed by atoms with Gasteiger partial charge in [-0.05, 0) is 77.2 Å². The molecule has 1 atom stereocenters. The van der Waals surface area contributed by atoms with Gasteiger partial charge in [-0.2, -0.15) is 0 Å². The Morgan fingerprint density at radius 3 is 2.58 bits per heavy atom. The number of rotatable bonds is 3. The van der Waals surface area contributed by atoms with Crippen LogP contribution < -0.4 is 0 Å². The van der Waals surface area contributed by atoms with E-state index in [9.17, 15) is 0 Å². The fraction of sp³-hybridized carbons (Fsp3) is 0.765. The van der Waals surface area contributed by atoms with Crippen LogP contribution in [-0.4, -0.2) is 43.0 Å². The van der Waals surface area contributed by atoms with Crippen LogP contribution in [0.2, 0.25) is 0 Å². The van der Waals surface area contributed by atoms with Gasteiger partial charge in [-0.1, -0.05) is 11.6 Å². The Bertz CT molecular complexity index is 298. The number of nitrogens with zero attached hydrogens (tertiary/aromatic N) is 2. The van der Waals surface area contributed by atoms with E-state index in [0.717, 1.165) is 5.92 Å². The first-order valence-electron chi connectivity index (χ1n) is 8.01. The lowest BCUT2D eigenvalue weighted by atomic mass is 9.84. The Kier molecular flexibility index (Phi) is 5.96. The predicted molar refractivity (Wildman–Crippen MR) is 83.2 cm³/mol. The maximum atomic E-state index is 3.89. The SMILES string of the molecule is C=CCC1CCC/C(=C\N2CCCN(C)CCC2)C1. The van der Waals surface area contributed by atoms with Gasteiger partial charge in [0.15, 0.2) is 0 Å². The van der Waals surface area contributed by atoms with Gasteiger partial charge < -0.3 is 9.80 Å². The second kappa shape index (κ2) is 7.74. The molecule has 108 valence electrons. The first kappa shape index (κ1) is 14.6. The molecule has 1 aliphatic carbocycles. The van der Waals surface area contributed by atoms with Crippen LogP contribution in [0.5, 0.6) is 0 Å². The average Bonchev–Trinajstić information content (AvgIpc) is 2.37. The number of hydrogen-bond acceptors (Lipinski definition) is 2. The molecular formula is C17H30N2. The minimum atomic E-state index is 0.860. The molecule has 2 aliphatic rings. The lowest BCUT2D eigenvalue weighted by Crippen LogP contribution is -2.32. The van der Waals surface area contributed by atoms with Gasteiger partial charge in [-0.25, -0.2) is 0 Å². The van der Waals surface area contributed by atoms with Crippen molar-refractivity contribution in [2.45, 2.75) is 44.9 Å². The second-order valence-corrected chi connectivity index (χ2v) is 6.32. The Morgan fingerprint density at radius 2 is 1.89 bits per heavy atom. The molecule has 0 N–H and O–H groups in total. The summed E-state index contributed by atoms with van der Waals surface area (Å²) < 4.78 is 0. The molecule has 1 unspecified atom stereocenters. The standard InChI is InChI=1S/C17H30N2/c1-3-7-16-8-4-9-17(14-16)15-19-12-5-10-18(2)11-6-13-19/h3,15-16H,1,4-14H2,2H3/b17-15+. The first-order chi connectivity index (χ1) is 9.28. The van der Waals surface area contributed by atoms with E-state index in [1.165, 1.54) is 71.1 Å². The lowest BCUT2D eigenvalue weighted by Gasteiger charge is -2.30. The van der Waals surface area contributed by atoms with Gasteiger partial charge in [0, 0.05) is 13.1 Å². The van der Waals surface area contributed by atoms with E-state index >= 15 is 0 Å². The molecule has 2 fully saturated rings. The molecular weight excluding hydrogens is 232 g/mol. The van der Waals surface area contributed by atoms with Crippen LogP contribution in [0.25, 0.3) is 0 Å². The van der Waals surface area contributed by atoms with Crippen LogP contribution in [0, 0.1) is 5.92 Å². The van der Waals surface area contributed by atoms with Crippen molar-refractivity contribution in [3.05, 3.63) is 24.4 Å². The summed E-state index contributed by atoms with van der Waals surface area (Å²) in [5.74, 6) is 0.860. The third-order valence-electron chi connectivity index (χ3n) is 4.50. The molecule has 2 rings (SSSR count). The normalized spacial score (nSPS) is 29.0. The number of hydrogen-bond donors (Lipinski definition) is 0. The van der Waals surface area contributed by atoms with E-state index < -0.39 is 0 Å². The van der Waals surface area contributed by atoms with Gasteiger partial charge in [0.25, 0.3) is 0 Å². The zero-order chi connectivity index (χ0) is 13.5. The Labute approximate surface area is 119 Å². The van der Waals surface area contributed by atoms with Crippen molar-refractivity contribution in [1.82, 2.24) is 9.80 Å². The first-order valence-corrected chi connectivity index (χ1v) is 8.01. The van der Waals surface area contributed by atoms with Crippen LogP contribution >= 0.6 is 0 Å². The Morgan fingerprint density at radius 1 is 1.16 bits per heavy atom. The van der Waals surface area contributed by atoms with Gasteiger partial charge in [0.05, 0.1) is 0 Å². The molecule has 0 spiro atoms. The maximum absolute atomic E-state index is 3.89. The predicted octanol–water partition coefficient (Wildman–Crippen LogP) is 3.66. The van der Waals surface area contributed by atoms with E-state index in [1.54, 1.807) is 5.57 Å².